The Hall–Kier alpha value is -3.06. The minimum Gasteiger partial charge on any atom is -0.368 e. The maximum absolute atomic E-state index is 12.8. The second-order valence-corrected chi connectivity index (χ2v) is 9.06. The van der Waals surface area contributed by atoms with Gasteiger partial charge >= 0.3 is 0 Å². The van der Waals surface area contributed by atoms with Crippen molar-refractivity contribution in [3.63, 3.8) is 0 Å². The molecule has 33 heavy (non-hydrogen) atoms. The van der Waals surface area contributed by atoms with Crippen LogP contribution in [0.3, 0.4) is 0 Å². The minimum absolute atomic E-state index is 0.0939. The molecule has 7 nitrogen and oxygen atoms in total. The van der Waals surface area contributed by atoms with Crippen LogP contribution >= 0.6 is 11.6 Å². The lowest BCUT2D eigenvalue weighted by Gasteiger charge is -2.36. The van der Waals surface area contributed by atoms with Gasteiger partial charge in [0.2, 0.25) is 11.8 Å². The summed E-state index contributed by atoms with van der Waals surface area (Å²) < 4.78 is 0. The molecular weight excluding hydrogens is 440 g/mol. The van der Waals surface area contributed by atoms with E-state index in [-0.39, 0.29) is 30.2 Å². The number of amides is 3. The maximum atomic E-state index is 12.8. The predicted octanol–water partition coefficient (Wildman–Crippen LogP) is 2.87. The lowest BCUT2D eigenvalue weighted by molar-refractivity contribution is -0.133. The van der Waals surface area contributed by atoms with Crippen LogP contribution in [-0.4, -0.2) is 61.4 Å². The van der Waals surface area contributed by atoms with E-state index < -0.39 is 6.04 Å². The number of halogens is 1. The average molecular weight is 471 g/mol. The molecule has 0 aromatic heterocycles. The molecule has 3 amide bonds. The smallest absolute Gasteiger partial charge is 0.251 e. The van der Waals surface area contributed by atoms with Crippen molar-refractivity contribution in [3.8, 4) is 0 Å². The van der Waals surface area contributed by atoms with Gasteiger partial charge in [-0.2, -0.15) is 0 Å². The minimum atomic E-state index is -0.729. The molecule has 0 spiro atoms. The van der Waals surface area contributed by atoms with Gasteiger partial charge < -0.3 is 20.4 Å². The van der Waals surface area contributed by atoms with E-state index in [2.05, 4.69) is 15.5 Å². The van der Waals surface area contributed by atoms with Gasteiger partial charge in [0, 0.05) is 42.5 Å². The lowest BCUT2D eigenvalue weighted by Crippen LogP contribution is -2.54. The second kappa shape index (κ2) is 11.2. The van der Waals surface area contributed by atoms with E-state index in [0.29, 0.717) is 36.8 Å². The molecule has 8 heteroatoms. The van der Waals surface area contributed by atoms with Gasteiger partial charge in [-0.15, -0.1) is 0 Å². The van der Waals surface area contributed by atoms with Crippen LogP contribution < -0.4 is 15.5 Å². The molecule has 1 aliphatic rings. The monoisotopic (exact) mass is 470 g/mol. The SMILES string of the molecule is Cc1cccc(C(=O)NC(C(=O)NCC(=O)N2CCN(c3ccc(Cl)cc3)CC2)C(C)C)c1. The van der Waals surface area contributed by atoms with Crippen molar-refractivity contribution >= 4 is 35.0 Å². The molecule has 0 saturated carbocycles. The first-order valence-electron chi connectivity index (χ1n) is 11.2. The molecule has 1 atom stereocenters. The molecular formula is C25H31ClN4O3. The number of anilines is 1. The molecule has 2 N–H and O–H groups in total. The first-order valence-corrected chi connectivity index (χ1v) is 11.6. The Kier molecular flexibility index (Phi) is 8.33. The van der Waals surface area contributed by atoms with E-state index in [9.17, 15) is 14.4 Å². The van der Waals surface area contributed by atoms with Crippen molar-refractivity contribution in [2.45, 2.75) is 26.8 Å². The Morgan fingerprint density at radius 3 is 2.27 bits per heavy atom. The Morgan fingerprint density at radius 2 is 1.67 bits per heavy atom. The zero-order valence-corrected chi connectivity index (χ0v) is 20.1. The summed E-state index contributed by atoms with van der Waals surface area (Å²) in [7, 11) is 0. The normalized spacial score (nSPS) is 14.7. The summed E-state index contributed by atoms with van der Waals surface area (Å²) in [5.74, 6) is -0.931. The summed E-state index contributed by atoms with van der Waals surface area (Å²) in [5, 5.41) is 6.20. The van der Waals surface area contributed by atoms with Gasteiger partial charge in [-0.1, -0.05) is 43.1 Å². The number of hydrogen-bond donors (Lipinski definition) is 2. The number of carbonyl (C=O) groups is 3. The number of hydrogen-bond acceptors (Lipinski definition) is 4. The molecule has 1 aliphatic heterocycles. The van der Waals surface area contributed by atoms with Crippen LogP contribution in [0.2, 0.25) is 5.02 Å². The highest BCUT2D eigenvalue weighted by molar-refractivity contribution is 6.30. The van der Waals surface area contributed by atoms with Crippen LogP contribution in [0.25, 0.3) is 0 Å². The topological polar surface area (TPSA) is 81.8 Å². The molecule has 1 saturated heterocycles. The van der Waals surface area contributed by atoms with E-state index in [4.69, 9.17) is 11.6 Å². The number of nitrogens with one attached hydrogen (secondary N) is 2. The summed E-state index contributed by atoms with van der Waals surface area (Å²) in [4.78, 5) is 42.0. The van der Waals surface area contributed by atoms with Crippen molar-refractivity contribution in [2.75, 3.05) is 37.6 Å². The van der Waals surface area contributed by atoms with Crippen molar-refractivity contribution in [1.29, 1.82) is 0 Å². The van der Waals surface area contributed by atoms with Crippen LogP contribution in [0.15, 0.2) is 48.5 Å². The molecule has 0 bridgehead atoms. The van der Waals surface area contributed by atoms with Crippen molar-refractivity contribution in [3.05, 3.63) is 64.7 Å². The quantitative estimate of drug-likeness (QED) is 0.652. The van der Waals surface area contributed by atoms with E-state index in [1.54, 1.807) is 23.1 Å². The number of carbonyl (C=O) groups excluding carboxylic acids is 3. The van der Waals surface area contributed by atoms with E-state index in [0.717, 1.165) is 11.3 Å². The standard InChI is InChI=1S/C25H31ClN4O3/c1-17(2)23(28-24(32)19-6-4-5-18(3)15-19)25(33)27-16-22(31)30-13-11-29(12-14-30)21-9-7-20(26)8-10-21/h4-10,15,17,23H,11-14,16H2,1-3H3,(H,27,33)(H,28,32). The summed E-state index contributed by atoms with van der Waals surface area (Å²) in [6.07, 6.45) is 0. The van der Waals surface area contributed by atoms with Gasteiger partial charge in [-0.05, 0) is 49.2 Å². The molecule has 2 aromatic rings. The van der Waals surface area contributed by atoms with Gasteiger partial charge in [-0.25, -0.2) is 0 Å². The Labute approximate surface area is 200 Å². The lowest BCUT2D eigenvalue weighted by atomic mass is 10.0. The van der Waals surface area contributed by atoms with Gasteiger partial charge in [0.15, 0.2) is 0 Å². The zero-order chi connectivity index (χ0) is 24.0. The van der Waals surface area contributed by atoms with Crippen molar-refractivity contribution in [2.24, 2.45) is 5.92 Å². The highest BCUT2D eigenvalue weighted by atomic mass is 35.5. The molecule has 2 aromatic carbocycles. The second-order valence-electron chi connectivity index (χ2n) is 8.63. The fourth-order valence-electron chi connectivity index (χ4n) is 3.80. The van der Waals surface area contributed by atoms with Crippen LogP contribution in [0.5, 0.6) is 0 Å². The van der Waals surface area contributed by atoms with E-state index in [1.165, 1.54) is 0 Å². The molecule has 0 radical (unpaired) electrons. The van der Waals surface area contributed by atoms with Crippen LogP contribution in [0, 0.1) is 12.8 Å². The number of piperazine rings is 1. The summed E-state index contributed by atoms with van der Waals surface area (Å²) in [6.45, 7) is 8.11. The summed E-state index contributed by atoms with van der Waals surface area (Å²) in [5.41, 5.74) is 2.54. The predicted molar refractivity (Wildman–Crippen MR) is 131 cm³/mol. The Morgan fingerprint density at radius 1 is 1.00 bits per heavy atom. The number of nitrogens with zero attached hydrogens (tertiary/aromatic N) is 2. The molecule has 3 rings (SSSR count). The number of aryl methyl sites for hydroxylation is 1. The molecule has 176 valence electrons. The van der Waals surface area contributed by atoms with Gasteiger partial charge in [0.25, 0.3) is 5.91 Å². The summed E-state index contributed by atoms with van der Waals surface area (Å²) in [6, 6.07) is 14.1. The van der Waals surface area contributed by atoms with Crippen LogP contribution in [-0.2, 0) is 9.59 Å². The average Bonchev–Trinajstić information content (AvgIpc) is 2.81. The molecule has 1 heterocycles. The largest absolute Gasteiger partial charge is 0.368 e. The maximum Gasteiger partial charge on any atom is 0.251 e. The van der Waals surface area contributed by atoms with Gasteiger partial charge in [0.05, 0.1) is 6.54 Å². The highest BCUT2D eigenvalue weighted by Crippen LogP contribution is 2.19. The van der Waals surface area contributed by atoms with Crippen LogP contribution in [0.4, 0.5) is 5.69 Å². The Bertz CT molecular complexity index is 985. The first-order chi connectivity index (χ1) is 15.7. The number of rotatable bonds is 7. The van der Waals surface area contributed by atoms with E-state index >= 15 is 0 Å². The number of benzene rings is 2. The van der Waals surface area contributed by atoms with Crippen molar-refractivity contribution < 1.29 is 14.4 Å². The first kappa shape index (κ1) is 24.6. The van der Waals surface area contributed by atoms with E-state index in [1.807, 2.05) is 51.1 Å². The third kappa shape index (κ3) is 6.71. The molecule has 0 aliphatic carbocycles. The third-order valence-corrected chi connectivity index (χ3v) is 6.01. The van der Waals surface area contributed by atoms with Gasteiger partial charge in [-0.3, -0.25) is 14.4 Å². The molecule has 1 unspecified atom stereocenters. The Balaban J connectivity index is 1.49. The zero-order valence-electron chi connectivity index (χ0n) is 19.3. The highest BCUT2D eigenvalue weighted by Gasteiger charge is 2.27. The fourth-order valence-corrected chi connectivity index (χ4v) is 3.92. The molecule has 1 fully saturated rings. The fraction of sp³-hybridized carbons (Fsp3) is 0.400. The third-order valence-electron chi connectivity index (χ3n) is 5.75. The van der Waals surface area contributed by atoms with Crippen molar-refractivity contribution in [1.82, 2.24) is 15.5 Å². The van der Waals surface area contributed by atoms with Crippen LogP contribution in [0.1, 0.15) is 29.8 Å². The summed E-state index contributed by atoms with van der Waals surface area (Å²) >= 11 is 5.95. The van der Waals surface area contributed by atoms with Gasteiger partial charge in [0.1, 0.15) is 6.04 Å².